The number of nitrogens with two attached hydrogens (primary N) is 1. The molecule has 0 aliphatic heterocycles. The van der Waals surface area contributed by atoms with Gasteiger partial charge in [0.15, 0.2) is 0 Å². The smallest absolute Gasteiger partial charge is 0.244 e. The SMILES string of the molecule is CC(c1cccs1)N(C)C(=O)C(N)c1ccccc1. The second-order valence-electron chi connectivity index (χ2n) is 4.53. The Morgan fingerprint density at radius 1 is 1.21 bits per heavy atom. The van der Waals surface area contributed by atoms with E-state index in [0.29, 0.717) is 0 Å². The van der Waals surface area contributed by atoms with E-state index in [1.54, 1.807) is 23.3 Å². The molecule has 0 saturated heterocycles. The van der Waals surface area contributed by atoms with Gasteiger partial charge in [-0.05, 0) is 23.9 Å². The normalized spacial score (nSPS) is 13.8. The largest absolute Gasteiger partial charge is 0.337 e. The van der Waals surface area contributed by atoms with Gasteiger partial charge in [0.25, 0.3) is 0 Å². The lowest BCUT2D eigenvalue weighted by atomic mass is 10.1. The Morgan fingerprint density at radius 2 is 1.89 bits per heavy atom. The molecule has 0 saturated carbocycles. The Kier molecular flexibility index (Phi) is 4.35. The van der Waals surface area contributed by atoms with Gasteiger partial charge in [-0.2, -0.15) is 0 Å². The van der Waals surface area contributed by atoms with Gasteiger partial charge in [0.1, 0.15) is 6.04 Å². The topological polar surface area (TPSA) is 46.3 Å². The van der Waals surface area contributed by atoms with Crippen molar-refractivity contribution in [3.63, 3.8) is 0 Å². The van der Waals surface area contributed by atoms with Crippen molar-refractivity contribution in [3.05, 3.63) is 58.3 Å². The van der Waals surface area contributed by atoms with Crippen molar-refractivity contribution < 1.29 is 4.79 Å². The Balaban J connectivity index is 2.11. The van der Waals surface area contributed by atoms with E-state index in [-0.39, 0.29) is 11.9 Å². The van der Waals surface area contributed by atoms with Crippen molar-refractivity contribution >= 4 is 17.2 Å². The van der Waals surface area contributed by atoms with Gasteiger partial charge < -0.3 is 10.6 Å². The summed E-state index contributed by atoms with van der Waals surface area (Å²) in [5.41, 5.74) is 6.89. The van der Waals surface area contributed by atoms with E-state index in [4.69, 9.17) is 5.73 Å². The molecule has 1 amide bonds. The molecule has 2 atom stereocenters. The van der Waals surface area contributed by atoms with E-state index >= 15 is 0 Å². The fourth-order valence-electron chi connectivity index (χ4n) is 1.93. The second-order valence-corrected chi connectivity index (χ2v) is 5.51. The van der Waals surface area contributed by atoms with Gasteiger partial charge in [0.2, 0.25) is 5.91 Å². The Hall–Kier alpha value is -1.65. The molecule has 0 spiro atoms. The highest BCUT2D eigenvalue weighted by Gasteiger charge is 2.24. The van der Waals surface area contributed by atoms with Crippen molar-refractivity contribution in [2.75, 3.05) is 7.05 Å². The first-order valence-electron chi connectivity index (χ1n) is 6.22. The quantitative estimate of drug-likeness (QED) is 0.931. The summed E-state index contributed by atoms with van der Waals surface area (Å²) in [7, 11) is 1.80. The molecular weight excluding hydrogens is 256 g/mol. The molecular formula is C15H18N2OS. The molecule has 2 aromatic rings. The maximum atomic E-state index is 12.4. The van der Waals surface area contributed by atoms with E-state index in [2.05, 4.69) is 0 Å². The summed E-state index contributed by atoms with van der Waals surface area (Å²) in [6.45, 7) is 2.02. The average molecular weight is 274 g/mol. The van der Waals surface area contributed by atoms with E-state index in [0.717, 1.165) is 10.4 Å². The molecule has 2 N–H and O–H groups in total. The number of nitrogens with zero attached hydrogens (tertiary/aromatic N) is 1. The molecule has 19 heavy (non-hydrogen) atoms. The van der Waals surface area contributed by atoms with Crippen LogP contribution in [-0.2, 0) is 4.79 Å². The number of carbonyl (C=O) groups is 1. The monoisotopic (exact) mass is 274 g/mol. The minimum Gasteiger partial charge on any atom is -0.337 e. The summed E-state index contributed by atoms with van der Waals surface area (Å²) in [4.78, 5) is 15.3. The first-order chi connectivity index (χ1) is 9.11. The number of benzene rings is 1. The van der Waals surface area contributed by atoms with Gasteiger partial charge in [-0.3, -0.25) is 4.79 Å². The highest BCUT2D eigenvalue weighted by Crippen LogP contribution is 2.25. The van der Waals surface area contributed by atoms with Crippen LogP contribution in [0.3, 0.4) is 0 Å². The summed E-state index contributed by atoms with van der Waals surface area (Å²) in [5.74, 6) is -0.0629. The molecule has 1 heterocycles. The summed E-state index contributed by atoms with van der Waals surface area (Å²) < 4.78 is 0. The lowest BCUT2D eigenvalue weighted by molar-refractivity contribution is -0.133. The fourth-order valence-corrected chi connectivity index (χ4v) is 2.76. The van der Waals surface area contributed by atoms with E-state index < -0.39 is 6.04 Å². The van der Waals surface area contributed by atoms with Crippen LogP contribution < -0.4 is 5.73 Å². The van der Waals surface area contributed by atoms with Crippen LogP contribution in [0.15, 0.2) is 47.8 Å². The third-order valence-electron chi connectivity index (χ3n) is 3.31. The van der Waals surface area contributed by atoms with Gasteiger partial charge in [-0.25, -0.2) is 0 Å². The Labute approximate surface area is 117 Å². The maximum absolute atomic E-state index is 12.4. The highest BCUT2D eigenvalue weighted by atomic mass is 32.1. The molecule has 0 radical (unpaired) electrons. The predicted octanol–water partition coefficient (Wildman–Crippen LogP) is 2.97. The first kappa shape index (κ1) is 13.8. The van der Waals surface area contributed by atoms with Crippen molar-refractivity contribution in [3.8, 4) is 0 Å². The lowest BCUT2D eigenvalue weighted by Crippen LogP contribution is -2.37. The molecule has 2 rings (SSSR count). The number of thiophene rings is 1. The molecule has 1 aromatic heterocycles. The number of carbonyl (C=O) groups excluding carboxylic acids is 1. The van der Waals surface area contributed by atoms with Crippen molar-refractivity contribution in [1.82, 2.24) is 4.90 Å². The Morgan fingerprint density at radius 3 is 2.47 bits per heavy atom. The third kappa shape index (κ3) is 3.03. The van der Waals surface area contributed by atoms with Gasteiger partial charge >= 0.3 is 0 Å². The zero-order valence-corrected chi connectivity index (χ0v) is 11.9. The molecule has 0 fully saturated rings. The lowest BCUT2D eigenvalue weighted by Gasteiger charge is -2.27. The van der Waals surface area contributed by atoms with Gasteiger partial charge in [0, 0.05) is 11.9 Å². The second kappa shape index (κ2) is 5.99. The average Bonchev–Trinajstić information content (AvgIpc) is 2.99. The predicted molar refractivity (Wildman–Crippen MR) is 78.9 cm³/mol. The number of hydrogen-bond donors (Lipinski definition) is 1. The highest BCUT2D eigenvalue weighted by molar-refractivity contribution is 7.10. The molecule has 4 heteroatoms. The number of likely N-dealkylation sites (N-methyl/N-ethyl adjacent to an activating group) is 1. The van der Waals surface area contributed by atoms with E-state index in [9.17, 15) is 4.79 Å². The van der Waals surface area contributed by atoms with Crippen LogP contribution in [0.2, 0.25) is 0 Å². The van der Waals surface area contributed by atoms with Crippen LogP contribution in [0.5, 0.6) is 0 Å². The molecule has 0 aliphatic carbocycles. The van der Waals surface area contributed by atoms with Crippen LogP contribution in [0.1, 0.15) is 29.4 Å². The van der Waals surface area contributed by atoms with Crippen LogP contribution in [-0.4, -0.2) is 17.9 Å². The van der Waals surface area contributed by atoms with Crippen molar-refractivity contribution in [2.45, 2.75) is 19.0 Å². The van der Waals surface area contributed by atoms with E-state index in [1.807, 2.05) is 54.8 Å². The fraction of sp³-hybridized carbons (Fsp3) is 0.267. The summed E-state index contributed by atoms with van der Waals surface area (Å²) in [5, 5.41) is 2.02. The van der Waals surface area contributed by atoms with Gasteiger partial charge in [0.05, 0.1) is 6.04 Å². The van der Waals surface area contributed by atoms with Gasteiger partial charge in [-0.1, -0.05) is 36.4 Å². The van der Waals surface area contributed by atoms with Gasteiger partial charge in [-0.15, -0.1) is 11.3 Å². The Bertz CT molecular complexity index is 524. The molecule has 0 bridgehead atoms. The zero-order valence-electron chi connectivity index (χ0n) is 11.1. The number of amides is 1. The van der Waals surface area contributed by atoms with Crippen molar-refractivity contribution in [2.24, 2.45) is 5.73 Å². The van der Waals surface area contributed by atoms with Crippen LogP contribution in [0, 0.1) is 0 Å². The van der Waals surface area contributed by atoms with Crippen LogP contribution >= 0.6 is 11.3 Å². The summed E-state index contributed by atoms with van der Waals surface area (Å²) in [6.07, 6.45) is 0. The minimum absolute atomic E-state index is 0.0438. The molecule has 2 unspecified atom stereocenters. The molecule has 3 nitrogen and oxygen atoms in total. The van der Waals surface area contributed by atoms with Crippen molar-refractivity contribution in [1.29, 1.82) is 0 Å². The minimum atomic E-state index is -0.603. The van der Waals surface area contributed by atoms with Crippen LogP contribution in [0.4, 0.5) is 0 Å². The standard InChI is InChI=1S/C15H18N2OS/c1-11(13-9-6-10-19-13)17(2)15(18)14(16)12-7-4-3-5-8-12/h3-11,14H,16H2,1-2H3. The summed E-state index contributed by atoms with van der Waals surface area (Å²) in [6, 6.07) is 12.9. The summed E-state index contributed by atoms with van der Waals surface area (Å²) >= 11 is 1.65. The first-order valence-corrected chi connectivity index (χ1v) is 7.10. The number of rotatable bonds is 4. The third-order valence-corrected chi connectivity index (χ3v) is 4.35. The molecule has 1 aromatic carbocycles. The number of hydrogen-bond acceptors (Lipinski definition) is 3. The maximum Gasteiger partial charge on any atom is 0.244 e. The van der Waals surface area contributed by atoms with E-state index in [1.165, 1.54) is 0 Å². The van der Waals surface area contributed by atoms with Crippen LogP contribution in [0.25, 0.3) is 0 Å². The molecule has 100 valence electrons. The zero-order chi connectivity index (χ0) is 13.8. The molecule has 0 aliphatic rings.